The predicted molar refractivity (Wildman–Crippen MR) is 106 cm³/mol. The van der Waals surface area contributed by atoms with E-state index in [4.69, 9.17) is 16.4 Å². The number of ether oxygens (including phenoxy) is 1. The van der Waals surface area contributed by atoms with Crippen LogP contribution in [0.3, 0.4) is 0 Å². The zero-order valence-corrected chi connectivity index (χ0v) is 16.1. The molecular weight excluding hydrogens is 342 g/mol. The van der Waals surface area contributed by atoms with E-state index in [1.165, 1.54) is 5.01 Å². The van der Waals surface area contributed by atoms with Crippen molar-refractivity contribution in [1.29, 1.82) is 0 Å². The van der Waals surface area contributed by atoms with Gasteiger partial charge >= 0.3 is 5.97 Å². The van der Waals surface area contributed by atoms with Gasteiger partial charge in [-0.3, -0.25) is 9.69 Å². The maximum absolute atomic E-state index is 13.1. The molecule has 7 heteroatoms. The van der Waals surface area contributed by atoms with E-state index in [-0.39, 0.29) is 18.0 Å². The van der Waals surface area contributed by atoms with Crippen molar-refractivity contribution in [1.82, 2.24) is 9.91 Å². The lowest BCUT2D eigenvalue weighted by molar-refractivity contribution is -0.162. The Bertz CT molecular complexity index is 645. The van der Waals surface area contributed by atoms with Crippen LogP contribution in [0, 0.1) is 11.8 Å². The maximum Gasteiger partial charge on any atom is 0.313 e. The van der Waals surface area contributed by atoms with Crippen molar-refractivity contribution in [2.45, 2.75) is 38.2 Å². The first-order chi connectivity index (χ1) is 13.1. The second-order valence-electron chi connectivity index (χ2n) is 7.59. The second kappa shape index (κ2) is 9.19. The summed E-state index contributed by atoms with van der Waals surface area (Å²) < 4.78 is 6.01. The minimum absolute atomic E-state index is 0.00762. The van der Waals surface area contributed by atoms with E-state index in [2.05, 4.69) is 22.2 Å². The summed E-state index contributed by atoms with van der Waals surface area (Å²) in [5.74, 6) is 11.7. The minimum atomic E-state index is -0.351. The monoisotopic (exact) mass is 373 g/mol. The number of allylic oxidation sites excluding steroid dienone is 5. The minimum Gasteiger partial charge on any atom is -0.460 e. The number of hydrazine groups is 1. The molecule has 4 N–H and O–H groups in total. The van der Waals surface area contributed by atoms with Crippen molar-refractivity contribution in [2.24, 2.45) is 28.6 Å². The second-order valence-corrected chi connectivity index (χ2v) is 7.59. The van der Waals surface area contributed by atoms with Crippen LogP contribution in [0.15, 0.2) is 41.1 Å². The molecule has 3 heterocycles. The van der Waals surface area contributed by atoms with Crippen LogP contribution in [0.1, 0.15) is 32.1 Å². The molecule has 7 nitrogen and oxygen atoms in total. The molecule has 3 aliphatic heterocycles. The molecule has 4 aliphatic rings. The van der Waals surface area contributed by atoms with Gasteiger partial charge in [-0.1, -0.05) is 30.4 Å². The number of nitrogens with two attached hydrogens (primary N) is 2. The van der Waals surface area contributed by atoms with Crippen molar-refractivity contribution < 1.29 is 9.53 Å². The molecule has 4 rings (SSSR count). The van der Waals surface area contributed by atoms with Gasteiger partial charge < -0.3 is 15.6 Å². The Balaban J connectivity index is 1.71. The van der Waals surface area contributed by atoms with Crippen LogP contribution in [-0.4, -0.2) is 54.5 Å². The molecule has 3 saturated heterocycles. The third-order valence-corrected chi connectivity index (χ3v) is 5.77. The Hall–Kier alpha value is -2.12. The summed E-state index contributed by atoms with van der Waals surface area (Å²) in [4.78, 5) is 15.5. The SMILES string of the molecule is CN(N)/C(CCC(C(=O)OC1CN2CCC1CC2)C1=CC=CCC=C1)=N\N. The molecular formula is C20H31N5O2. The molecule has 2 bridgehead atoms. The number of fused-ring (bicyclic) bond motifs is 3. The van der Waals surface area contributed by atoms with E-state index in [1.807, 2.05) is 18.2 Å². The highest BCUT2D eigenvalue weighted by molar-refractivity contribution is 5.83. The summed E-state index contributed by atoms with van der Waals surface area (Å²) in [6, 6.07) is 0. The highest BCUT2D eigenvalue weighted by atomic mass is 16.5. The molecule has 1 aliphatic carbocycles. The molecule has 27 heavy (non-hydrogen) atoms. The van der Waals surface area contributed by atoms with E-state index in [0.29, 0.717) is 24.6 Å². The molecule has 0 spiro atoms. The molecule has 0 aromatic carbocycles. The molecule has 0 saturated carbocycles. The lowest BCUT2D eigenvalue weighted by Gasteiger charge is -2.44. The van der Waals surface area contributed by atoms with Gasteiger partial charge in [-0.25, -0.2) is 5.84 Å². The zero-order valence-electron chi connectivity index (χ0n) is 16.1. The summed E-state index contributed by atoms with van der Waals surface area (Å²) in [6.45, 7) is 3.11. The van der Waals surface area contributed by atoms with Crippen molar-refractivity contribution in [3.63, 3.8) is 0 Å². The van der Waals surface area contributed by atoms with Gasteiger partial charge in [0.2, 0.25) is 0 Å². The average Bonchev–Trinajstić information content (AvgIpc) is 2.95. The fourth-order valence-corrected chi connectivity index (χ4v) is 4.13. The number of hydrogen-bond donors (Lipinski definition) is 2. The van der Waals surface area contributed by atoms with Gasteiger partial charge in [-0.15, -0.1) is 0 Å². The number of piperidine rings is 3. The number of esters is 1. The number of amidine groups is 1. The van der Waals surface area contributed by atoms with Gasteiger partial charge in [0.15, 0.2) is 0 Å². The number of hydrazone groups is 1. The van der Waals surface area contributed by atoms with E-state index in [9.17, 15) is 4.79 Å². The average molecular weight is 374 g/mol. The lowest BCUT2D eigenvalue weighted by Crippen LogP contribution is -2.52. The number of hydrogen-bond acceptors (Lipinski definition) is 6. The predicted octanol–water partition coefficient (Wildman–Crippen LogP) is 1.54. The van der Waals surface area contributed by atoms with Gasteiger partial charge in [-0.2, -0.15) is 5.10 Å². The van der Waals surface area contributed by atoms with Crippen LogP contribution in [-0.2, 0) is 9.53 Å². The number of rotatable bonds is 6. The third-order valence-electron chi connectivity index (χ3n) is 5.77. The Morgan fingerprint density at radius 3 is 2.81 bits per heavy atom. The van der Waals surface area contributed by atoms with Crippen molar-refractivity contribution in [3.8, 4) is 0 Å². The Morgan fingerprint density at radius 2 is 2.19 bits per heavy atom. The molecule has 2 atom stereocenters. The zero-order chi connectivity index (χ0) is 19.2. The Labute approximate surface area is 161 Å². The summed E-state index contributed by atoms with van der Waals surface area (Å²) in [5, 5.41) is 5.13. The van der Waals surface area contributed by atoms with E-state index >= 15 is 0 Å². The van der Waals surface area contributed by atoms with Crippen molar-refractivity contribution >= 4 is 11.8 Å². The van der Waals surface area contributed by atoms with Crippen molar-refractivity contribution in [2.75, 3.05) is 26.7 Å². The topological polar surface area (TPSA) is 97.2 Å². The summed E-state index contributed by atoms with van der Waals surface area (Å²) in [7, 11) is 1.69. The van der Waals surface area contributed by atoms with Gasteiger partial charge in [0.25, 0.3) is 0 Å². The highest BCUT2D eigenvalue weighted by Gasteiger charge is 2.38. The van der Waals surface area contributed by atoms with Crippen LogP contribution in [0.2, 0.25) is 0 Å². The fraction of sp³-hybridized carbons (Fsp3) is 0.600. The number of nitrogens with zero attached hydrogens (tertiary/aromatic N) is 3. The van der Waals surface area contributed by atoms with E-state index < -0.39 is 0 Å². The first-order valence-electron chi connectivity index (χ1n) is 9.79. The molecule has 3 fully saturated rings. The largest absolute Gasteiger partial charge is 0.460 e. The summed E-state index contributed by atoms with van der Waals surface area (Å²) in [5.41, 5.74) is 0.964. The molecule has 148 valence electrons. The quantitative estimate of drug-likeness (QED) is 0.241. The Kier molecular flexibility index (Phi) is 6.68. The first kappa shape index (κ1) is 19.6. The summed E-state index contributed by atoms with van der Waals surface area (Å²) in [6.07, 6.45) is 14.3. The fourth-order valence-electron chi connectivity index (χ4n) is 4.13. The molecule has 0 aromatic rings. The van der Waals surface area contributed by atoms with E-state index in [0.717, 1.165) is 44.5 Å². The third kappa shape index (κ3) is 4.99. The van der Waals surface area contributed by atoms with Gasteiger partial charge in [0.05, 0.1) is 5.92 Å². The number of carbonyl (C=O) groups excluding carboxylic acids is 1. The molecule has 0 radical (unpaired) electrons. The van der Waals surface area contributed by atoms with Crippen LogP contribution < -0.4 is 11.7 Å². The Morgan fingerprint density at radius 1 is 1.41 bits per heavy atom. The van der Waals surface area contributed by atoms with Gasteiger partial charge in [0.1, 0.15) is 11.9 Å². The standard InChI is InChI=1S/C20H31N5O2/c1-24(22)19(23-21)9-8-17(15-6-4-2-3-5-7-15)20(26)27-18-14-25-12-10-16(18)11-13-25/h2,4-7,16-18H,3,8-14,21-22H2,1H3/b23-19-. The lowest BCUT2D eigenvalue weighted by atomic mass is 9.85. The number of carbonyl (C=O) groups is 1. The van der Waals surface area contributed by atoms with E-state index in [1.54, 1.807) is 7.05 Å². The van der Waals surface area contributed by atoms with Crippen molar-refractivity contribution in [3.05, 3.63) is 36.0 Å². The first-order valence-corrected chi connectivity index (χ1v) is 9.79. The summed E-state index contributed by atoms with van der Waals surface area (Å²) >= 11 is 0. The smallest absolute Gasteiger partial charge is 0.313 e. The van der Waals surface area contributed by atoms with Crippen LogP contribution in [0.5, 0.6) is 0 Å². The van der Waals surface area contributed by atoms with Gasteiger partial charge in [0, 0.05) is 20.0 Å². The van der Waals surface area contributed by atoms with Crippen LogP contribution >= 0.6 is 0 Å². The van der Waals surface area contributed by atoms with Crippen LogP contribution in [0.25, 0.3) is 0 Å². The van der Waals surface area contributed by atoms with Crippen LogP contribution in [0.4, 0.5) is 0 Å². The molecule has 0 amide bonds. The normalized spacial score (nSPS) is 28.4. The highest BCUT2D eigenvalue weighted by Crippen LogP contribution is 2.31. The molecule has 2 unspecified atom stereocenters. The molecule has 0 aromatic heterocycles. The van der Waals surface area contributed by atoms with Gasteiger partial charge in [-0.05, 0) is 50.3 Å². The maximum atomic E-state index is 13.1.